The average Bonchev–Trinajstić information content (AvgIpc) is 3.46. The Kier molecular flexibility index (Phi) is 8.62. The van der Waals surface area contributed by atoms with Crippen molar-refractivity contribution in [2.24, 2.45) is 0 Å². The molecule has 0 spiro atoms. The second-order valence-electron chi connectivity index (χ2n) is 8.18. The van der Waals surface area contributed by atoms with Gasteiger partial charge in [-0.15, -0.1) is 21.5 Å². The van der Waals surface area contributed by atoms with E-state index >= 15 is 0 Å². The summed E-state index contributed by atoms with van der Waals surface area (Å²) < 4.78 is 12.8. The van der Waals surface area contributed by atoms with Crippen LogP contribution >= 0.6 is 23.1 Å². The molecule has 2 aromatic heterocycles. The number of thiophene rings is 1. The Balaban J connectivity index is 1.44. The van der Waals surface area contributed by atoms with Crippen LogP contribution in [0, 0.1) is 13.8 Å². The van der Waals surface area contributed by atoms with Crippen molar-refractivity contribution in [3.8, 4) is 16.9 Å². The Morgan fingerprint density at radius 2 is 1.78 bits per heavy atom. The third-order valence-electron chi connectivity index (χ3n) is 5.62. The number of thioether (sulfide) groups is 1. The molecule has 0 aliphatic carbocycles. The fourth-order valence-electron chi connectivity index (χ4n) is 3.81. The molecule has 0 saturated carbocycles. The normalized spacial score (nSPS) is 10.8. The van der Waals surface area contributed by atoms with Gasteiger partial charge < -0.3 is 19.4 Å². The Morgan fingerprint density at radius 1 is 1.05 bits per heavy atom. The molecule has 0 aliphatic rings. The van der Waals surface area contributed by atoms with E-state index in [2.05, 4.69) is 15.5 Å². The minimum Gasteiger partial charge on any atom is -0.486 e. The zero-order chi connectivity index (χ0) is 26.4. The van der Waals surface area contributed by atoms with Crippen LogP contribution in [0.15, 0.2) is 59.8 Å². The van der Waals surface area contributed by atoms with E-state index in [1.807, 2.05) is 79.9 Å². The van der Waals surface area contributed by atoms with Crippen molar-refractivity contribution in [1.82, 2.24) is 14.8 Å². The first-order chi connectivity index (χ1) is 17.9. The van der Waals surface area contributed by atoms with Crippen LogP contribution < -0.4 is 10.1 Å². The van der Waals surface area contributed by atoms with E-state index in [1.165, 1.54) is 30.2 Å². The van der Waals surface area contributed by atoms with Crippen molar-refractivity contribution in [2.45, 2.75) is 39.1 Å². The standard InChI is InChI=1S/C27H28N4O4S2/c1-5-31-21(15-35-20-13-11-17(2)12-14-20)29-30-27(31)36-16-22(32)28-25-24(26(33)34-4)23(18(3)37-25)19-9-7-6-8-10-19/h6-14H,5,15-16H2,1-4H3,(H,28,32). The van der Waals surface area contributed by atoms with E-state index in [4.69, 9.17) is 9.47 Å². The van der Waals surface area contributed by atoms with E-state index in [9.17, 15) is 9.59 Å². The maximum Gasteiger partial charge on any atom is 0.341 e. The molecule has 10 heteroatoms. The molecule has 0 atom stereocenters. The first-order valence-corrected chi connectivity index (χ1v) is 13.5. The van der Waals surface area contributed by atoms with Gasteiger partial charge in [0.25, 0.3) is 0 Å². The van der Waals surface area contributed by atoms with Crippen molar-refractivity contribution in [1.29, 1.82) is 0 Å². The van der Waals surface area contributed by atoms with Crippen molar-refractivity contribution in [3.63, 3.8) is 0 Å². The largest absolute Gasteiger partial charge is 0.486 e. The molecule has 2 heterocycles. The number of anilines is 1. The lowest BCUT2D eigenvalue weighted by Crippen LogP contribution is -2.16. The predicted molar refractivity (Wildman–Crippen MR) is 146 cm³/mol. The van der Waals surface area contributed by atoms with Crippen molar-refractivity contribution in [2.75, 3.05) is 18.2 Å². The van der Waals surface area contributed by atoms with Crippen LogP contribution in [-0.4, -0.2) is 39.5 Å². The number of aromatic nitrogens is 3. The number of benzene rings is 2. The second-order valence-corrected chi connectivity index (χ2v) is 10.3. The quantitative estimate of drug-likeness (QED) is 0.204. The van der Waals surface area contributed by atoms with E-state index < -0.39 is 5.97 Å². The number of esters is 1. The molecule has 2 aromatic carbocycles. The molecule has 0 saturated heterocycles. The minimum absolute atomic E-state index is 0.106. The highest BCUT2D eigenvalue weighted by molar-refractivity contribution is 7.99. The average molecular weight is 537 g/mol. The van der Waals surface area contributed by atoms with Gasteiger partial charge in [-0.05, 0) is 38.5 Å². The Bertz CT molecular complexity index is 1380. The maximum atomic E-state index is 12.9. The summed E-state index contributed by atoms with van der Waals surface area (Å²) in [4.78, 5) is 26.5. The van der Waals surface area contributed by atoms with Crippen LogP contribution in [0.25, 0.3) is 11.1 Å². The highest BCUT2D eigenvalue weighted by Crippen LogP contribution is 2.40. The third kappa shape index (κ3) is 6.20. The topological polar surface area (TPSA) is 95.3 Å². The van der Waals surface area contributed by atoms with Crippen LogP contribution in [0.1, 0.15) is 33.5 Å². The molecule has 4 aromatic rings. The van der Waals surface area contributed by atoms with Crippen molar-refractivity contribution < 1.29 is 19.1 Å². The molecular formula is C27H28N4O4S2. The number of ether oxygens (including phenoxy) is 2. The lowest BCUT2D eigenvalue weighted by atomic mass is 10.0. The fraction of sp³-hybridized carbons (Fsp3) is 0.259. The van der Waals surface area contributed by atoms with E-state index in [-0.39, 0.29) is 18.3 Å². The molecule has 0 radical (unpaired) electrons. The number of carbonyl (C=O) groups excluding carboxylic acids is 2. The monoisotopic (exact) mass is 536 g/mol. The van der Waals surface area contributed by atoms with Crippen LogP contribution in [-0.2, 0) is 22.7 Å². The smallest absolute Gasteiger partial charge is 0.341 e. The number of nitrogens with one attached hydrogen (secondary N) is 1. The highest BCUT2D eigenvalue weighted by Gasteiger charge is 2.25. The van der Waals surface area contributed by atoms with Gasteiger partial charge in [-0.3, -0.25) is 4.79 Å². The minimum atomic E-state index is -0.491. The first-order valence-electron chi connectivity index (χ1n) is 11.7. The van der Waals surface area contributed by atoms with Gasteiger partial charge in [-0.25, -0.2) is 4.79 Å². The highest BCUT2D eigenvalue weighted by atomic mass is 32.2. The number of amides is 1. The Morgan fingerprint density at radius 3 is 2.46 bits per heavy atom. The van der Waals surface area contributed by atoms with Gasteiger partial charge in [0.2, 0.25) is 5.91 Å². The molecule has 0 aliphatic heterocycles. The van der Waals surface area contributed by atoms with Gasteiger partial charge in [0.05, 0.1) is 12.9 Å². The maximum absolute atomic E-state index is 12.9. The zero-order valence-electron chi connectivity index (χ0n) is 21.1. The fourth-order valence-corrected chi connectivity index (χ4v) is 5.71. The lowest BCUT2D eigenvalue weighted by molar-refractivity contribution is -0.113. The second kappa shape index (κ2) is 12.1. The van der Waals surface area contributed by atoms with Gasteiger partial charge in [0, 0.05) is 17.0 Å². The van der Waals surface area contributed by atoms with Crippen LogP contribution in [0.2, 0.25) is 0 Å². The summed E-state index contributed by atoms with van der Waals surface area (Å²) in [5.74, 6) is 0.803. The molecule has 1 amide bonds. The number of methoxy groups -OCH3 is 1. The van der Waals surface area contributed by atoms with Crippen LogP contribution in [0.5, 0.6) is 5.75 Å². The SMILES string of the molecule is CCn1c(COc2ccc(C)cc2)nnc1SCC(=O)Nc1sc(C)c(-c2ccccc2)c1C(=O)OC. The molecule has 4 rings (SSSR count). The van der Waals surface area contributed by atoms with Gasteiger partial charge in [-0.1, -0.05) is 59.8 Å². The number of rotatable bonds is 10. The molecule has 0 fully saturated rings. The first kappa shape index (κ1) is 26.4. The van der Waals surface area contributed by atoms with Gasteiger partial charge >= 0.3 is 5.97 Å². The van der Waals surface area contributed by atoms with Gasteiger partial charge in [0.15, 0.2) is 11.0 Å². The van der Waals surface area contributed by atoms with Gasteiger partial charge in [0.1, 0.15) is 22.9 Å². The summed E-state index contributed by atoms with van der Waals surface area (Å²) in [5.41, 5.74) is 3.18. The molecule has 1 N–H and O–H groups in total. The molecule has 192 valence electrons. The molecule has 37 heavy (non-hydrogen) atoms. The van der Waals surface area contributed by atoms with E-state index in [1.54, 1.807) is 0 Å². The zero-order valence-corrected chi connectivity index (χ0v) is 22.7. The molecule has 8 nitrogen and oxygen atoms in total. The predicted octanol–water partition coefficient (Wildman–Crippen LogP) is 5.74. The van der Waals surface area contributed by atoms with E-state index in [0.717, 1.165) is 27.3 Å². The number of nitrogens with zero attached hydrogens (tertiary/aromatic N) is 3. The number of hydrogen-bond donors (Lipinski definition) is 1. The lowest BCUT2D eigenvalue weighted by Gasteiger charge is -2.10. The number of aryl methyl sites for hydroxylation is 2. The number of carbonyl (C=O) groups is 2. The third-order valence-corrected chi connectivity index (χ3v) is 7.61. The summed E-state index contributed by atoms with van der Waals surface area (Å²) in [7, 11) is 1.34. The van der Waals surface area contributed by atoms with Crippen molar-refractivity contribution in [3.05, 3.63) is 76.4 Å². The summed E-state index contributed by atoms with van der Waals surface area (Å²) in [6, 6.07) is 17.4. The summed E-state index contributed by atoms with van der Waals surface area (Å²) in [6.07, 6.45) is 0. The Labute approximate surface area is 224 Å². The van der Waals surface area contributed by atoms with Gasteiger partial charge in [-0.2, -0.15) is 0 Å². The molecule has 0 unspecified atom stereocenters. The number of hydrogen-bond acceptors (Lipinski definition) is 8. The summed E-state index contributed by atoms with van der Waals surface area (Å²) in [6.45, 7) is 6.85. The Hall–Kier alpha value is -3.63. The van der Waals surface area contributed by atoms with Crippen molar-refractivity contribution >= 4 is 40.0 Å². The molecular weight excluding hydrogens is 508 g/mol. The van der Waals surface area contributed by atoms with E-state index in [0.29, 0.717) is 28.1 Å². The van der Waals surface area contributed by atoms with Crippen LogP contribution in [0.3, 0.4) is 0 Å². The molecule has 0 bridgehead atoms. The van der Waals surface area contributed by atoms with Crippen LogP contribution in [0.4, 0.5) is 5.00 Å². The summed E-state index contributed by atoms with van der Waals surface area (Å²) in [5, 5.41) is 12.5. The summed E-state index contributed by atoms with van der Waals surface area (Å²) >= 11 is 2.64.